The number of aromatic nitrogens is 2. The molecule has 28 heavy (non-hydrogen) atoms. The summed E-state index contributed by atoms with van der Waals surface area (Å²) in [6, 6.07) is 10.9. The van der Waals surface area contributed by atoms with Gasteiger partial charge in [0.1, 0.15) is 0 Å². The smallest absolute Gasteiger partial charge is 0.323 e. The quantitative estimate of drug-likeness (QED) is 0.797. The van der Waals surface area contributed by atoms with Gasteiger partial charge in [-0.2, -0.15) is 5.10 Å². The molecule has 8 heteroatoms. The molecule has 1 fully saturated rings. The number of carbonyl (C=O) groups excluding carboxylic acids is 2. The molecule has 2 heterocycles. The number of nitrogens with one attached hydrogen (secondary N) is 2. The minimum atomic E-state index is -0.148. The number of piperidine rings is 1. The Morgan fingerprint density at radius 1 is 1.14 bits per heavy atom. The fourth-order valence-corrected chi connectivity index (χ4v) is 3.13. The van der Waals surface area contributed by atoms with Crippen molar-refractivity contribution >= 4 is 17.8 Å². The maximum absolute atomic E-state index is 12.5. The second-order valence-corrected chi connectivity index (χ2v) is 7.30. The summed E-state index contributed by atoms with van der Waals surface area (Å²) in [7, 11) is 4.02. The van der Waals surface area contributed by atoms with Gasteiger partial charge in [-0.25, -0.2) is 4.79 Å². The molecule has 2 N–H and O–H groups in total. The standard InChI is InChI=1S/C20H28N6O2/c1-24(2)14-15-26-13-10-18(23-26)22-20(28)25-11-8-17(9-12-25)21-19(27)16-6-4-3-5-7-16/h3-7,10,13,17H,8-9,11-12,14-15H2,1-2H3,(H,21,27)(H,22,23,28). The van der Waals surface area contributed by atoms with Crippen LogP contribution in [0.25, 0.3) is 0 Å². The molecule has 1 aromatic carbocycles. The maximum atomic E-state index is 12.5. The van der Waals surface area contributed by atoms with Gasteiger partial charge >= 0.3 is 6.03 Å². The molecule has 8 nitrogen and oxygen atoms in total. The molecule has 1 aliphatic rings. The third kappa shape index (κ3) is 5.56. The minimum Gasteiger partial charge on any atom is -0.349 e. The molecule has 0 radical (unpaired) electrons. The van der Waals surface area contributed by atoms with Crippen molar-refractivity contribution in [1.82, 2.24) is 24.9 Å². The molecule has 0 aliphatic carbocycles. The molecule has 0 unspecified atom stereocenters. The van der Waals surface area contributed by atoms with Crippen LogP contribution in [0, 0.1) is 0 Å². The summed E-state index contributed by atoms with van der Waals surface area (Å²) in [5.41, 5.74) is 0.660. The zero-order chi connectivity index (χ0) is 19.9. The zero-order valence-electron chi connectivity index (χ0n) is 16.5. The van der Waals surface area contributed by atoms with Crippen molar-refractivity contribution in [2.45, 2.75) is 25.4 Å². The SMILES string of the molecule is CN(C)CCn1ccc(NC(=O)N2CCC(NC(=O)c3ccccc3)CC2)n1. The Labute approximate surface area is 165 Å². The third-order valence-corrected chi connectivity index (χ3v) is 4.81. The first-order valence-corrected chi connectivity index (χ1v) is 9.61. The van der Waals surface area contributed by atoms with E-state index in [1.54, 1.807) is 23.1 Å². The van der Waals surface area contributed by atoms with E-state index in [1.165, 1.54) is 0 Å². The van der Waals surface area contributed by atoms with Gasteiger partial charge in [-0.3, -0.25) is 14.8 Å². The molecule has 150 valence electrons. The van der Waals surface area contributed by atoms with Crippen molar-refractivity contribution in [3.63, 3.8) is 0 Å². The Morgan fingerprint density at radius 3 is 2.54 bits per heavy atom. The van der Waals surface area contributed by atoms with Crippen molar-refractivity contribution in [2.75, 3.05) is 39.0 Å². The first kappa shape index (κ1) is 19.9. The number of benzene rings is 1. The van der Waals surface area contributed by atoms with Crippen molar-refractivity contribution in [3.05, 3.63) is 48.2 Å². The molecule has 1 aliphatic heterocycles. The molecular formula is C20H28N6O2. The molecule has 0 spiro atoms. The number of urea groups is 1. The van der Waals surface area contributed by atoms with E-state index in [2.05, 4.69) is 20.6 Å². The number of anilines is 1. The number of likely N-dealkylation sites (tertiary alicyclic amines) is 1. The molecule has 3 amide bonds. The normalized spacial score (nSPS) is 14.9. The van der Waals surface area contributed by atoms with Crippen LogP contribution in [-0.4, -0.2) is 71.3 Å². The van der Waals surface area contributed by atoms with Crippen molar-refractivity contribution in [2.24, 2.45) is 0 Å². The summed E-state index contributed by atoms with van der Waals surface area (Å²) < 4.78 is 1.82. The van der Waals surface area contributed by atoms with E-state index in [9.17, 15) is 9.59 Å². The van der Waals surface area contributed by atoms with Gasteiger partial charge in [0.05, 0.1) is 6.54 Å². The lowest BCUT2D eigenvalue weighted by Gasteiger charge is -2.32. The Kier molecular flexibility index (Phi) is 6.65. The predicted octanol–water partition coefficient (Wildman–Crippen LogP) is 1.87. The summed E-state index contributed by atoms with van der Waals surface area (Å²) in [5.74, 6) is 0.495. The van der Waals surface area contributed by atoms with Crippen LogP contribution in [0.2, 0.25) is 0 Å². The van der Waals surface area contributed by atoms with Crippen LogP contribution in [-0.2, 0) is 6.54 Å². The lowest BCUT2D eigenvalue weighted by molar-refractivity contribution is 0.0919. The van der Waals surface area contributed by atoms with Gasteiger partial charge in [0, 0.05) is 43.5 Å². The number of likely N-dealkylation sites (N-methyl/N-ethyl adjacent to an activating group) is 1. The summed E-state index contributed by atoms with van der Waals surface area (Å²) in [5, 5.41) is 10.3. The Bertz CT molecular complexity index is 781. The summed E-state index contributed by atoms with van der Waals surface area (Å²) in [6.45, 7) is 2.87. The van der Waals surface area contributed by atoms with Crippen LogP contribution in [0.5, 0.6) is 0 Å². The Morgan fingerprint density at radius 2 is 1.86 bits per heavy atom. The first-order chi connectivity index (χ1) is 13.5. The van der Waals surface area contributed by atoms with Crippen molar-refractivity contribution in [1.29, 1.82) is 0 Å². The van der Waals surface area contributed by atoms with E-state index < -0.39 is 0 Å². The molecule has 0 saturated carbocycles. The zero-order valence-corrected chi connectivity index (χ0v) is 16.5. The minimum absolute atomic E-state index is 0.0632. The van der Waals surface area contributed by atoms with Crippen LogP contribution >= 0.6 is 0 Å². The molecule has 1 aromatic heterocycles. The summed E-state index contributed by atoms with van der Waals surface area (Å²) in [6.07, 6.45) is 3.34. The number of hydrogen-bond donors (Lipinski definition) is 2. The number of hydrogen-bond acceptors (Lipinski definition) is 4. The molecule has 3 rings (SSSR count). The van der Waals surface area contributed by atoms with Crippen LogP contribution in [0.3, 0.4) is 0 Å². The number of amides is 3. The largest absolute Gasteiger partial charge is 0.349 e. The number of rotatable bonds is 6. The van der Waals surface area contributed by atoms with E-state index >= 15 is 0 Å². The van der Waals surface area contributed by atoms with Gasteiger partial charge < -0.3 is 15.1 Å². The Balaban J connectivity index is 1.43. The van der Waals surface area contributed by atoms with Crippen LogP contribution in [0.1, 0.15) is 23.2 Å². The van der Waals surface area contributed by atoms with Gasteiger partial charge in [0.15, 0.2) is 5.82 Å². The molecule has 0 atom stereocenters. The van der Waals surface area contributed by atoms with E-state index in [-0.39, 0.29) is 18.0 Å². The average Bonchev–Trinajstić information content (AvgIpc) is 3.15. The van der Waals surface area contributed by atoms with Crippen molar-refractivity contribution in [3.8, 4) is 0 Å². The van der Waals surface area contributed by atoms with E-state index in [1.807, 2.05) is 43.2 Å². The second kappa shape index (κ2) is 9.36. The number of carbonyl (C=O) groups is 2. The monoisotopic (exact) mass is 384 g/mol. The molecule has 2 aromatic rings. The highest BCUT2D eigenvalue weighted by Crippen LogP contribution is 2.13. The first-order valence-electron chi connectivity index (χ1n) is 9.61. The van der Waals surface area contributed by atoms with E-state index in [0.717, 1.165) is 25.9 Å². The van der Waals surface area contributed by atoms with Gasteiger partial charge in [0.2, 0.25) is 0 Å². The highest BCUT2D eigenvalue weighted by Gasteiger charge is 2.24. The van der Waals surface area contributed by atoms with E-state index in [4.69, 9.17) is 0 Å². The highest BCUT2D eigenvalue weighted by atomic mass is 16.2. The average molecular weight is 384 g/mol. The van der Waals surface area contributed by atoms with Crippen molar-refractivity contribution < 1.29 is 9.59 Å². The lowest BCUT2D eigenvalue weighted by Crippen LogP contribution is -2.47. The van der Waals surface area contributed by atoms with Gasteiger partial charge in [0.25, 0.3) is 5.91 Å². The Hall–Kier alpha value is -2.87. The van der Waals surface area contributed by atoms with Gasteiger partial charge in [-0.15, -0.1) is 0 Å². The van der Waals surface area contributed by atoms with E-state index in [0.29, 0.717) is 24.5 Å². The second-order valence-electron chi connectivity index (χ2n) is 7.30. The van der Waals surface area contributed by atoms with Crippen LogP contribution in [0.4, 0.5) is 10.6 Å². The fraction of sp³-hybridized carbons (Fsp3) is 0.450. The third-order valence-electron chi connectivity index (χ3n) is 4.81. The topological polar surface area (TPSA) is 82.5 Å². The van der Waals surface area contributed by atoms with Gasteiger partial charge in [-0.05, 0) is 39.1 Å². The van der Waals surface area contributed by atoms with Crippen LogP contribution < -0.4 is 10.6 Å². The summed E-state index contributed by atoms with van der Waals surface area (Å²) >= 11 is 0. The maximum Gasteiger partial charge on any atom is 0.323 e. The van der Waals surface area contributed by atoms with Gasteiger partial charge in [-0.1, -0.05) is 18.2 Å². The lowest BCUT2D eigenvalue weighted by atomic mass is 10.0. The number of nitrogens with zero attached hydrogens (tertiary/aromatic N) is 4. The molecule has 1 saturated heterocycles. The molecular weight excluding hydrogens is 356 g/mol. The van der Waals surface area contributed by atoms with Crippen LogP contribution in [0.15, 0.2) is 42.6 Å². The highest BCUT2D eigenvalue weighted by molar-refractivity contribution is 5.94. The fourth-order valence-electron chi connectivity index (χ4n) is 3.13. The molecule has 0 bridgehead atoms. The summed E-state index contributed by atoms with van der Waals surface area (Å²) in [4.78, 5) is 28.6. The predicted molar refractivity (Wildman–Crippen MR) is 108 cm³/mol.